The topological polar surface area (TPSA) is 40.5 Å². The van der Waals surface area contributed by atoms with Crippen molar-refractivity contribution in [2.45, 2.75) is 19.9 Å². The first-order chi connectivity index (χ1) is 8.10. The van der Waals surface area contributed by atoms with Crippen LogP contribution in [0, 0.1) is 5.92 Å². The van der Waals surface area contributed by atoms with Crippen molar-refractivity contribution in [1.29, 1.82) is 0 Å². The van der Waals surface area contributed by atoms with Gasteiger partial charge in [-0.15, -0.1) is 0 Å². The lowest BCUT2D eigenvalue weighted by molar-refractivity contribution is -0.136. The number of aliphatic hydroxyl groups is 1. The second kappa shape index (κ2) is 6.77. The number of halogens is 1. The second-order valence-electron chi connectivity index (χ2n) is 4.07. The standard InChI is InChI=1S/C13H18BrNO2/c1-3-10(9-16)13(17)15(2)8-11-6-4-5-7-12(11)14/h4-7,10,16H,3,8-9H2,1-2H3. The van der Waals surface area contributed by atoms with Crippen LogP contribution in [0.4, 0.5) is 0 Å². The van der Waals surface area contributed by atoms with Crippen molar-refractivity contribution in [3.05, 3.63) is 34.3 Å². The van der Waals surface area contributed by atoms with E-state index in [1.807, 2.05) is 31.2 Å². The van der Waals surface area contributed by atoms with E-state index in [0.29, 0.717) is 13.0 Å². The normalized spacial score (nSPS) is 12.2. The molecule has 1 aromatic rings. The lowest BCUT2D eigenvalue weighted by Gasteiger charge is -2.22. The minimum absolute atomic E-state index is 0.00856. The number of benzene rings is 1. The Bertz CT molecular complexity index is 377. The summed E-state index contributed by atoms with van der Waals surface area (Å²) in [6, 6.07) is 7.82. The van der Waals surface area contributed by atoms with Crippen LogP contribution in [0.5, 0.6) is 0 Å². The van der Waals surface area contributed by atoms with Crippen molar-refractivity contribution in [2.24, 2.45) is 5.92 Å². The Morgan fingerprint density at radius 2 is 2.12 bits per heavy atom. The zero-order chi connectivity index (χ0) is 12.8. The SMILES string of the molecule is CCC(CO)C(=O)N(C)Cc1ccccc1Br. The maximum atomic E-state index is 12.0. The molecule has 0 aliphatic carbocycles. The molecule has 0 aliphatic heterocycles. The van der Waals surface area contributed by atoms with Gasteiger partial charge in [-0.25, -0.2) is 0 Å². The molecule has 1 N–H and O–H groups in total. The Morgan fingerprint density at radius 3 is 2.65 bits per heavy atom. The molecule has 0 aliphatic rings. The first kappa shape index (κ1) is 14.2. The number of hydrogen-bond donors (Lipinski definition) is 1. The molecular formula is C13H18BrNO2. The minimum Gasteiger partial charge on any atom is -0.396 e. The highest BCUT2D eigenvalue weighted by Crippen LogP contribution is 2.18. The van der Waals surface area contributed by atoms with Gasteiger partial charge in [-0.05, 0) is 18.1 Å². The van der Waals surface area contributed by atoms with E-state index in [1.54, 1.807) is 11.9 Å². The van der Waals surface area contributed by atoms with Gasteiger partial charge in [0.25, 0.3) is 0 Å². The van der Waals surface area contributed by atoms with Gasteiger partial charge in [0.1, 0.15) is 0 Å². The van der Waals surface area contributed by atoms with E-state index in [1.165, 1.54) is 0 Å². The van der Waals surface area contributed by atoms with Gasteiger partial charge >= 0.3 is 0 Å². The largest absolute Gasteiger partial charge is 0.396 e. The van der Waals surface area contributed by atoms with E-state index in [-0.39, 0.29) is 18.4 Å². The van der Waals surface area contributed by atoms with E-state index in [9.17, 15) is 4.79 Å². The van der Waals surface area contributed by atoms with E-state index in [2.05, 4.69) is 15.9 Å². The Hall–Kier alpha value is -0.870. The van der Waals surface area contributed by atoms with Crippen LogP contribution >= 0.6 is 15.9 Å². The van der Waals surface area contributed by atoms with E-state index in [0.717, 1.165) is 10.0 Å². The molecule has 0 bridgehead atoms. The Balaban J connectivity index is 2.69. The van der Waals surface area contributed by atoms with Gasteiger partial charge < -0.3 is 10.0 Å². The maximum Gasteiger partial charge on any atom is 0.228 e. The number of amides is 1. The summed E-state index contributed by atoms with van der Waals surface area (Å²) in [6.07, 6.45) is 0.662. The lowest BCUT2D eigenvalue weighted by Crippen LogP contribution is -2.34. The van der Waals surface area contributed by atoms with Crippen molar-refractivity contribution in [3.63, 3.8) is 0 Å². The van der Waals surface area contributed by atoms with E-state index < -0.39 is 0 Å². The average molecular weight is 300 g/mol. The molecule has 17 heavy (non-hydrogen) atoms. The van der Waals surface area contributed by atoms with Gasteiger partial charge in [0.15, 0.2) is 0 Å². The van der Waals surface area contributed by atoms with Gasteiger partial charge in [-0.1, -0.05) is 41.1 Å². The van der Waals surface area contributed by atoms with Crippen LogP contribution in [0.1, 0.15) is 18.9 Å². The highest BCUT2D eigenvalue weighted by Gasteiger charge is 2.19. The molecule has 0 heterocycles. The molecule has 1 rings (SSSR count). The van der Waals surface area contributed by atoms with Crippen molar-refractivity contribution < 1.29 is 9.90 Å². The fourth-order valence-corrected chi connectivity index (χ4v) is 2.06. The number of nitrogens with zero attached hydrogens (tertiary/aromatic N) is 1. The summed E-state index contributed by atoms with van der Waals surface area (Å²) in [6.45, 7) is 2.37. The predicted octanol–water partition coefficient (Wildman–Crippen LogP) is 2.43. The summed E-state index contributed by atoms with van der Waals surface area (Å²) in [5, 5.41) is 9.11. The number of carbonyl (C=O) groups excluding carboxylic acids is 1. The van der Waals surface area contributed by atoms with Gasteiger partial charge in [0.2, 0.25) is 5.91 Å². The second-order valence-corrected chi connectivity index (χ2v) is 4.93. The smallest absolute Gasteiger partial charge is 0.228 e. The molecule has 1 unspecified atom stereocenters. The molecular weight excluding hydrogens is 282 g/mol. The first-order valence-corrected chi connectivity index (χ1v) is 6.48. The predicted molar refractivity (Wildman–Crippen MR) is 71.5 cm³/mol. The van der Waals surface area contributed by atoms with Gasteiger partial charge in [0.05, 0.1) is 12.5 Å². The molecule has 0 saturated carbocycles. The van der Waals surface area contributed by atoms with Crippen LogP contribution in [-0.2, 0) is 11.3 Å². The van der Waals surface area contributed by atoms with Gasteiger partial charge in [0, 0.05) is 18.1 Å². The highest BCUT2D eigenvalue weighted by atomic mass is 79.9. The van der Waals surface area contributed by atoms with E-state index >= 15 is 0 Å². The van der Waals surface area contributed by atoms with E-state index in [4.69, 9.17) is 5.11 Å². The zero-order valence-corrected chi connectivity index (χ0v) is 11.8. The van der Waals surface area contributed by atoms with Crippen molar-refractivity contribution in [2.75, 3.05) is 13.7 Å². The Labute approximate surface area is 111 Å². The van der Waals surface area contributed by atoms with Crippen LogP contribution in [0.3, 0.4) is 0 Å². The highest BCUT2D eigenvalue weighted by molar-refractivity contribution is 9.10. The first-order valence-electron chi connectivity index (χ1n) is 5.69. The molecule has 1 atom stereocenters. The molecule has 3 nitrogen and oxygen atoms in total. The van der Waals surface area contributed by atoms with Crippen molar-refractivity contribution in [3.8, 4) is 0 Å². The van der Waals surface area contributed by atoms with Crippen LogP contribution in [-0.4, -0.2) is 29.6 Å². The lowest BCUT2D eigenvalue weighted by atomic mass is 10.1. The fourth-order valence-electron chi connectivity index (χ4n) is 1.65. The quantitative estimate of drug-likeness (QED) is 0.907. The molecule has 4 heteroatoms. The third-order valence-corrected chi connectivity index (χ3v) is 3.58. The number of rotatable bonds is 5. The number of hydrogen-bond acceptors (Lipinski definition) is 2. The molecule has 0 saturated heterocycles. The van der Waals surface area contributed by atoms with Crippen LogP contribution < -0.4 is 0 Å². The maximum absolute atomic E-state index is 12.0. The van der Waals surface area contributed by atoms with Gasteiger partial charge in [-0.2, -0.15) is 0 Å². The zero-order valence-electron chi connectivity index (χ0n) is 10.2. The molecule has 1 aromatic carbocycles. The van der Waals surface area contributed by atoms with Gasteiger partial charge in [-0.3, -0.25) is 4.79 Å². The molecule has 0 fully saturated rings. The minimum atomic E-state index is -0.289. The number of carbonyl (C=O) groups is 1. The summed E-state index contributed by atoms with van der Waals surface area (Å²) in [7, 11) is 1.76. The third-order valence-electron chi connectivity index (χ3n) is 2.80. The summed E-state index contributed by atoms with van der Waals surface area (Å²) in [5.74, 6) is -0.298. The van der Waals surface area contributed by atoms with Crippen LogP contribution in [0.2, 0.25) is 0 Å². The third kappa shape index (κ3) is 3.82. The summed E-state index contributed by atoms with van der Waals surface area (Å²) >= 11 is 3.46. The Kier molecular flexibility index (Phi) is 5.65. The average Bonchev–Trinajstić information content (AvgIpc) is 2.33. The molecule has 1 amide bonds. The Morgan fingerprint density at radius 1 is 1.47 bits per heavy atom. The number of aliphatic hydroxyl groups excluding tert-OH is 1. The summed E-state index contributed by atoms with van der Waals surface area (Å²) in [4.78, 5) is 13.6. The van der Waals surface area contributed by atoms with Crippen LogP contribution in [0.15, 0.2) is 28.7 Å². The van der Waals surface area contributed by atoms with Crippen molar-refractivity contribution in [1.82, 2.24) is 4.90 Å². The molecule has 0 spiro atoms. The monoisotopic (exact) mass is 299 g/mol. The van der Waals surface area contributed by atoms with Crippen LogP contribution in [0.25, 0.3) is 0 Å². The molecule has 0 aromatic heterocycles. The molecule has 94 valence electrons. The fraction of sp³-hybridized carbons (Fsp3) is 0.462. The summed E-state index contributed by atoms with van der Waals surface area (Å²) in [5.41, 5.74) is 1.07. The summed E-state index contributed by atoms with van der Waals surface area (Å²) < 4.78 is 0.997. The van der Waals surface area contributed by atoms with Crippen molar-refractivity contribution >= 4 is 21.8 Å². The molecule has 0 radical (unpaired) electrons.